The molecule has 0 aliphatic heterocycles. The first-order chi connectivity index (χ1) is 12.6. The van der Waals surface area contributed by atoms with Crippen LogP contribution in [0.2, 0.25) is 0 Å². The summed E-state index contributed by atoms with van der Waals surface area (Å²) < 4.78 is 46.0. The van der Waals surface area contributed by atoms with Gasteiger partial charge in [-0.3, -0.25) is 4.79 Å². The number of rotatable bonds is 3. The second-order valence-corrected chi connectivity index (χ2v) is 6.62. The van der Waals surface area contributed by atoms with Crippen LogP contribution in [0.5, 0.6) is 5.75 Å². The van der Waals surface area contributed by atoms with Crippen LogP contribution >= 0.6 is 0 Å². The number of halogens is 3. The van der Waals surface area contributed by atoms with E-state index < -0.39 is 22.9 Å². The molecule has 142 valence electrons. The molecule has 0 amide bonds. The summed E-state index contributed by atoms with van der Waals surface area (Å²) in [6.45, 7) is 1.76. The summed E-state index contributed by atoms with van der Waals surface area (Å²) in [4.78, 5) is 14.8. The summed E-state index contributed by atoms with van der Waals surface area (Å²) in [7, 11) is 3.56. The zero-order chi connectivity index (χ0) is 19.9. The van der Waals surface area contributed by atoms with E-state index in [1.165, 1.54) is 25.1 Å². The van der Waals surface area contributed by atoms with Gasteiger partial charge in [-0.15, -0.1) is 0 Å². The molecule has 7 heteroatoms. The van der Waals surface area contributed by atoms with Gasteiger partial charge >= 0.3 is 6.18 Å². The Labute approximate surface area is 153 Å². The molecule has 3 rings (SSSR count). The highest BCUT2D eigenvalue weighted by atomic mass is 19.4. The molecule has 0 aliphatic rings. The molecule has 0 aliphatic carbocycles. The van der Waals surface area contributed by atoms with E-state index in [0.717, 1.165) is 0 Å². The number of aromatic hydroxyl groups is 1. The van der Waals surface area contributed by atoms with Crippen LogP contribution in [0.4, 0.5) is 13.2 Å². The van der Waals surface area contributed by atoms with E-state index in [9.17, 15) is 23.1 Å². The van der Waals surface area contributed by atoms with E-state index in [0.29, 0.717) is 12.1 Å². The lowest BCUT2D eigenvalue weighted by molar-refractivity contribution is -0.152. The molecule has 0 fully saturated rings. The van der Waals surface area contributed by atoms with Crippen LogP contribution in [0.3, 0.4) is 0 Å². The maximum atomic E-state index is 13.6. The number of hydrogen-bond donors (Lipinski definition) is 1. The molecule has 0 saturated heterocycles. The third-order valence-electron chi connectivity index (χ3n) is 4.27. The number of fused-ring (bicyclic) bond motifs is 1. The second kappa shape index (κ2) is 6.74. The smallest absolute Gasteiger partial charge is 0.450 e. The van der Waals surface area contributed by atoms with E-state index in [1.54, 1.807) is 37.2 Å². The van der Waals surface area contributed by atoms with Crippen LogP contribution in [0.1, 0.15) is 16.9 Å². The zero-order valence-electron chi connectivity index (χ0n) is 15.0. The van der Waals surface area contributed by atoms with Gasteiger partial charge in [-0.05, 0) is 32.6 Å². The molecule has 27 heavy (non-hydrogen) atoms. The van der Waals surface area contributed by atoms with Gasteiger partial charge in [-0.1, -0.05) is 30.3 Å². The van der Waals surface area contributed by atoms with Crippen molar-refractivity contribution in [2.75, 3.05) is 14.1 Å². The van der Waals surface area contributed by atoms with Crippen LogP contribution in [0.25, 0.3) is 22.1 Å². The maximum Gasteiger partial charge on any atom is 0.450 e. The summed E-state index contributed by atoms with van der Waals surface area (Å²) in [6, 6.07) is 9.02. The molecule has 1 heterocycles. The van der Waals surface area contributed by atoms with Crippen LogP contribution in [-0.4, -0.2) is 24.1 Å². The van der Waals surface area contributed by atoms with Gasteiger partial charge in [0, 0.05) is 17.7 Å². The Morgan fingerprint density at radius 1 is 1.15 bits per heavy atom. The van der Waals surface area contributed by atoms with E-state index in [4.69, 9.17) is 4.42 Å². The largest absolute Gasteiger partial charge is 0.507 e. The first-order valence-corrected chi connectivity index (χ1v) is 8.21. The summed E-state index contributed by atoms with van der Waals surface area (Å²) in [5, 5.41) is 10.4. The second-order valence-electron chi connectivity index (χ2n) is 6.62. The van der Waals surface area contributed by atoms with Crippen molar-refractivity contribution < 1.29 is 22.7 Å². The summed E-state index contributed by atoms with van der Waals surface area (Å²) in [5.41, 5.74) is -0.899. The Balaban J connectivity index is 2.45. The van der Waals surface area contributed by atoms with Gasteiger partial charge < -0.3 is 14.4 Å². The number of phenolic OH excluding ortho intramolecular Hbond substituents is 1. The fraction of sp³-hybridized carbons (Fsp3) is 0.250. The van der Waals surface area contributed by atoms with Crippen LogP contribution in [-0.2, 0) is 12.7 Å². The molecular weight excluding hydrogens is 359 g/mol. The molecule has 0 unspecified atom stereocenters. The van der Waals surface area contributed by atoms with E-state index >= 15 is 0 Å². The highest BCUT2D eigenvalue weighted by Gasteiger charge is 2.39. The van der Waals surface area contributed by atoms with Crippen LogP contribution in [0.15, 0.2) is 45.6 Å². The van der Waals surface area contributed by atoms with Crippen molar-refractivity contribution >= 4 is 11.0 Å². The number of aryl methyl sites for hydroxylation is 1. The first kappa shape index (κ1) is 19.0. The molecule has 0 atom stereocenters. The molecule has 1 aromatic heterocycles. The van der Waals surface area contributed by atoms with Crippen LogP contribution < -0.4 is 5.43 Å². The van der Waals surface area contributed by atoms with Gasteiger partial charge in [0.25, 0.3) is 0 Å². The molecular formula is C20H18F3NO3. The minimum Gasteiger partial charge on any atom is -0.507 e. The molecule has 0 bridgehead atoms. The van der Waals surface area contributed by atoms with E-state index in [1.807, 2.05) is 0 Å². The van der Waals surface area contributed by atoms with Crippen molar-refractivity contribution in [1.29, 1.82) is 0 Å². The third kappa shape index (κ3) is 3.42. The average molecular weight is 377 g/mol. The fourth-order valence-electron chi connectivity index (χ4n) is 3.08. The number of benzene rings is 2. The number of phenols is 1. The van der Waals surface area contributed by atoms with Gasteiger partial charge in [-0.2, -0.15) is 13.2 Å². The molecule has 0 radical (unpaired) electrons. The van der Waals surface area contributed by atoms with E-state index in [-0.39, 0.29) is 27.8 Å². The molecule has 4 nitrogen and oxygen atoms in total. The maximum absolute atomic E-state index is 13.6. The van der Waals surface area contributed by atoms with Crippen molar-refractivity contribution in [1.82, 2.24) is 4.90 Å². The Kier molecular flexibility index (Phi) is 4.73. The van der Waals surface area contributed by atoms with Gasteiger partial charge in [-0.25, -0.2) is 0 Å². The lowest BCUT2D eigenvalue weighted by Gasteiger charge is -2.17. The number of alkyl halides is 3. The van der Waals surface area contributed by atoms with Gasteiger partial charge in [0.05, 0.1) is 10.9 Å². The standard InChI is InChI=1S/C20H18F3NO3/c1-11-16(25)13(10-24(2)3)9-14-17(26)15(12-7-5-4-6-8-12)19(20(21,22)23)27-18(11)14/h4-9,25H,10H2,1-3H3. The minimum absolute atomic E-state index is 0.00834. The minimum atomic E-state index is -4.86. The predicted molar refractivity (Wildman–Crippen MR) is 96.7 cm³/mol. The van der Waals surface area contributed by atoms with Gasteiger partial charge in [0.1, 0.15) is 11.3 Å². The van der Waals surface area contributed by atoms with Gasteiger partial charge in [0.15, 0.2) is 0 Å². The third-order valence-corrected chi connectivity index (χ3v) is 4.27. The van der Waals surface area contributed by atoms with Crippen molar-refractivity contribution in [3.8, 4) is 16.9 Å². The normalized spacial score (nSPS) is 12.1. The monoisotopic (exact) mass is 377 g/mol. The van der Waals surface area contributed by atoms with Gasteiger partial charge in [0.2, 0.25) is 11.2 Å². The van der Waals surface area contributed by atoms with E-state index in [2.05, 4.69) is 0 Å². The zero-order valence-corrected chi connectivity index (χ0v) is 15.0. The van der Waals surface area contributed by atoms with Crippen molar-refractivity contribution in [3.63, 3.8) is 0 Å². The molecule has 3 aromatic rings. The number of hydrogen-bond acceptors (Lipinski definition) is 4. The Bertz CT molecular complexity index is 1050. The Morgan fingerprint density at radius 2 is 1.78 bits per heavy atom. The number of nitrogens with zero attached hydrogens (tertiary/aromatic N) is 1. The molecule has 0 saturated carbocycles. The summed E-state index contributed by atoms with van der Waals surface area (Å²) >= 11 is 0. The van der Waals surface area contributed by atoms with Crippen molar-refractivity contribution in [2.24, 2.45) is 0 Å². The predicted octanol–water partition coefficient (Wildman–Crippen LogP) is 4.55. The lowest BCUT2D eigenvalue weighted by atomic mass is 9.98. The molecule has 2 aromatic carbocycles. The fourth-order valence-corrected chi connectivity index (χ4v) is 3.08. The summed E-state index contributed by atoms with van der Waals surface area (Å²) in [6.07, 6.45) is -4.86. The highest BCUT2D eigenvalue weighted by molar-refractivity contribution is 5.87. The molecule has 1 N–H and O–H groups in total. The summed E-state index contributed by atoms with van der Waals surface area (Å²) in [5.74, 6) is -1.55. The lowest BCUT2D eigenvalue weighted by Crippen LogP contribution is -2.17. The SMILES string of the molecule is Cc1c(O)c(CN(C)C)cc2c(=O)c(-c3ccccc3)c(C(F)(F)F)oc12. The molecule has 0 spiro atoms. The topological polar surface area (TPSA) is 53.7 Å². The Morgan fingerprint density at radius 3 is 2.33 bits per heavy atom. The highest BCUT2D eigenvalue weighted by Crippen LogP contribution is 2.39. The van der Waals surface area contributed by atoms with Crippen molar-refractivity contribution in [3.05, 3.63) is 63.5 Å². The van der Waals surface area contributed by atoms with Crippen molar-refractivity contribution in [2.45, 2.75) is 19.6 Å². The van der Waals surface area contributed by atoms with Crippen LogP contribution in [0, 0.1) is 6.92 Å². The first-order valence-electron chi connectivity index (χ1n) is 8.21. The average Bonchev–Trinajstić information content (AvgIpc) is 2.59. The Hall–Kier alpha value is -2.80. The quantitative estimate of drug-likeness (QED) is 0.727.